The number of para-hydroxylation sites is 1. The third-order valence-corrected chi connectivity index (χ3v) is 9.19. The van der Waals surface area contributed by atoms with Gasteiger partial charge in [0.25, 0.3) is 11.8 Å². The average Bonchev–Trinajstić information content (AvgIpc) is 2.94. The Kier molecular flexibility index (Phi) is 8.10. The summed E-state index contributed by atoms with van der Waals surface area (Å²) in [6, 6.07) is 16.8. The second kappa shape index (κ2) is 11.5. The van der Waals surface area contributed by atoms with Crippen molar-refractivity contribution in [2.45, 2.75) is 26.7 Å². The number of hydrogen-bond acceptors (Lipinski definition) is 4. The number of amides is 2. The maximum atomic E-state index is 13.7. The minimum Gasteiger partial charge on any atom is -0.484 e. The first-order valence-electron chi connectivity index (χ1n) is 13.7. The van der Waals surface area contributed by atoms with Crippen molar-refractivity contribution in [2.75, 3.05) is 52.4 Å². The first kappa shape index (κ1) is 26.8. The van der Waals surface area contributed by atoms with Crippen LogP contribution in [0.2, 0.25) is 5.02 Å². The smallest absolute Gasteiger partial charge is 0.260 e. The van der Waals surface area contributed by atoms with Gasteiger partial charge in [-0.3, -0.25) is 14.5 Å². The second-order valence-corrected chi connectivity index (χ2v) is 11.8. The third-order valence-electron chi connectivity index (χ3n) is 8.86. The number of ether oxygens (including phenoxy) is 1. The number of halogens is 1. The van der Waals surface area contributed by atoms with Crippen molar-refractivity contribution in [3.63, 3.8) is 0 Å². The Morgan fingerprint density at radius 1 is 1.03 bits per heavy atom. The van der Waals surface area contributed by atoms with Gasteiger partial charge in [-0.05, 0) is 54.4 Å². The molecule has 6 nitrogen and oxygen atoms in total. The van der Waals surface area contributed by atoms with Gasteiger partial charge < -0.3 is 14.5 Å². The molecule has 2 unspecified atom stereocenters. The van der Waals surface area contributed by atoms with Crippen LogP contribution in [-0.2, 0) is 4.79 Å². The lowest BCUT2D eigenvalue weighted by molar-refractivity contribution is -0.135. The van der Waals surface area contributed by atoms with Crippen molar-refractivity contribution in [1.29, 1.82) is 0 Å². The van der Waals surface area contributed by atoms with Crippen LogP contribution in [0.3, 0.4) is 0 Å². The van der Waals surface area contributed by atoms with Gasteiger partial charge in [0, 0.05) is 45.8 Å². The van der Waals surface area contributed by atoms with E-state index in [1.807, 2.05) is 58.3 Å². The molecule has 0 N–H and O–H groups in total. The van der Waals surface area contributed by atoms with Crippen LogP contribution in [0, 0.1) is 17.3 Å². The molecule has 2 fully saturated rings. The monoisotopic (exact) mass is 535 g/mol. The van der Waals surface area contributed by atoms with Gasteiger partial charge in [0.05, 0.1) is 10.6 Å². The van der Waals surface area contributed by atoms with E-state index in [0.717, 1.165) is 32.0 Å². The van der Waals surface area contributed by atoms with Gasteiger partial charge in [-0.15, -0.1) is 0 Å². The maximum absolute atomic E-state index is 13.7. The highest BCUT2D eigenvalue weighted by molar-refractivity contribution is 6.33. The summed E-state index contributed by atoms with van der Waals surface area (Å²) in [7, 11) is 0. The van der Waals surface area contributed by atoms with E-state index in [1.165, 1.54) is 12.0 Å². The van der Waals surface area contributed by atoms with Gasteiger partial charge >= 0.3 is 0 Å². The van der Waals surface area contributed by atoms with Gasteiger partial charge in [-0.1, -0.05) is 67.4 Å². The molecule has 202 valence electrons. The van der Waals surface area contributed by atoms with Crippen LogP contribution in [0.4, 0.5) is 0 Å². The van der Waals surface area contributed by atoms with Crippen molar-refractivity contribution in [3.8, 4) is 5.75 Å². The number of benzene rings is 2. The molecule has 7 heteroatoms. The topological polar surface area (TPSA) is 53.1 Å². The lowest BCUT2D eigenvalue weighted by Crippen LogP contribution is -2.52. The van der Waals surface area contributed by atoms with Crippen molar-refractivity contribution in [2.24, 2.45) is 17.3 Å². The Morgan fingerprint density at radius 2 is 1.74 bits per heavy atom. The number of rotatable bonds is 9. The molecule has 2 atom stereocenters. The Balaban J connectivity index is 1.17. The fourth-order valence-electron chi connectivity index (χ4n) is 6.17. The molecule has 0 radical (unpaired) electrons. The summed E-state index contributed by atoms with van der Waals surface area (Å²) >= 11 is 6.43. The average molecular weight is 536 g/mol. The van der Waals surface area contributed by atoms with E-state index in [0.29, 0.717) is 53.8 Å². The van der Waals surface area contributed by atoms with Crippen LogP contribution in [0.1, 0.15) is 37.0 Å². The molecule has 2 aromatic carbocycles. The first-order valence-corrected chi connectivity index (χ1v) is 14.1. The van der Waals surface area contributed by atoms with Gasteiger partial charge in [0.1, 0.15) is 5.75 Å². The van der Waals surface area contributed by atoms with Gasteiger partial charge in [-0.2, -0.15) is 0 Å². The minimum atomic E-state index is -0.0115. The van der Waals surface area contributed by atoms with E-state index in [1.54, 1.807) is 6.07 Å². The zero-order valence-electron chi connectivity index (χ0n) is 22.4. The molecule has 0 aromatic heterocycles. The molecule has 1 heterocycles. The van der Waals surface area contributed by atoms with Crippen LogP contribution >= 0.6 is 11.6 Å². The van der Waals surface area contributed by atoms with E-state index >= 15 is 0 Å². The van der Waals surface area contributed by atoms with E-state index in [9.17, 15) is 9.59 Å². The van der Waals surface area contributed by atoms with Crippen molar-refractivity contribution in [1.82, 2.24) is 14.7 Å². The summed E-state index contributed by atoms with van der Waals surface area (Å²) in [6.45, 7) is 9.73. The Bertz CT molecular complexity index is 1170. The van der Waals surface area contributed by atoms with Gasteiger partial charge in [0.2, 0.25) is 0 Å². The summed E-state index contributed by atoms with van der Waals surface area (Å²) in [4.78, 5) is 32.5. The molecule has 2 amide bonds. The molecular formula is C31H38ClN3O3. The molecule has 2 bridgehead atoms. The highest BCUT2D eigenvalue weighted by Gasteiger charge is 2.51. The zero-order chi connectivity index (χ0) is 26.7. The van der Waals surface area contributed by atoms with Crippen LogP contribution in [0.25, 0.3) is 0 Å². The first-order chi connectivity index (χ1) is 18.3. The Labute approximate surface area is 231 Å². The second-order valence-electron chi connectivity index (χ2n) is 11.4. The van der Waals surface area contributed by atoms with E-state index < -0.39 is 0 Å². The number of fused-ring (bicyclic) bond motifs is 1. The minimum absolute atomic E-state index is 0.00896. The predicted molar refractivity (Wildman–Crippen MR) is 150 cm³/mol. The highest BCUT2D eigenvalue weighted by atomic mass is 35.5. The summed E-state index contributed by atoms with van der Waals surface area (Å²) < 4.78 is 5.64. The standard InChI is InChI=1S/C31H38ClN3O3/c1-31(2)24-13-12-23(27(31)20-24)21-35(30(37)26-10-6-7-11-28(26)32)19-16-33-14-17-34(18-15-33)29(36)22-38-25-8-4-3-5-9-25/h3-12,24,27H,13-22H2,1-2H3. The highest BCUT2D eigenvalue weighted by Crippen LogP contribution is 2.59. The molecular weight excluding hydrogens is 498 g/mol. The Hall–Kier alpha value is -2.83. The summed E-state index contributed by atoms with van der Waals surface area (Å²) in [5, 5.41) is 0.494. The van der Waals surface area contributed by atoms with Crippen LogP contribution in [0.15, 0.2) is 66.2 Å². The molecule has 0 spiro atoms. The van der Waals surface area contributed by atoms with Crippen LogP contribution in [-0.4, -0.2) is 78.9 Å². The summed E-state index contributed by atoms with van der Waals surface area (Å²) in [5.74, 6) is 2.02. The number of allylic oxidation sites excluding steroid dienone is 1. The summed E-state index contributed by atoms with van der Waals surface area (Å²) in [5.41, 5.74) is 2.27. The quantitative estimate of drug-likeness (QED) is 0.424. The molecule has 3 aliphatic carbocycles. The van der Waals surface area contributed by atoms with E-state index in [2.05, 4.69) is 24.8 Å². The number of carbonyl (C=O) groups excluding carboxylic acids is 2. The molecule has 1 aliphatic heterocycles. The van der Waals surface area contributed by atoms with Gasteiger partial charge in [-0.25, -0.2) is 0 Å². The number of piperazine rings is 1. The lowest BCUT2D eigenvalue weighted by atomic mass is 9.49. The van der Waals surface area contributed by atoms with Crippen molar-refractivity contribution >= 4 is 23.4 Å². The molecule has 38 heavy (non-hydrogen) atoms. The number of nitrogens with zero attached hydrogens (tertiary/aromatic N) is 3. The van der Waals surface area contributed by atoms with E-state index in [4.69, 9.17) is 16.3 Å². The fraction of sp³-hybridized carbons (Fsp3) is 0.484. The number of hydrogen-bond donors (Lipinski definition) is 0. The number of carbonyl (C=O) groups is 2. The van der Waals surface area contributed by atoms with E-state index in [-0.39, 0.29) is 18.4 Å². The van der Waals surface area contributed by atoms with Crippen LogP contribution in [0.5, 0.6) is 5.75 Å². The zero-order valence-corrected chi connectivity index (χ0v) is 23.2. The lowest BCUT2D eigenvalue weighted by Gasteiger charge is -2.57. The molecule has 2 aromatic rings. The molecule has 1 saturated heterocycles. The predicted octanol–water partition coefficient (Wildman–Crippen LogP) is 5.00. The maximum Gasteiger partial charge on any atom is 0.260 e. The Morgan fingerprint density at radius 3 is 2.42 bits per heavy atom. The third kappa shape index (κ3) is 5.76. The molecule has 4 aliphatic rings. The normalized spacial score (nSPS) is 22.3. The SMILES string of the molecule is CC1(C)C2CC=C(CN(CCN3CCN(C(=O)COc4ccccc4)CC3)C(=O)c3ccccc3Cl)C1C2. The molecule has 6 rings (SSSR count). The van der Waals surface area contributed by atoms with Gasteiger partial charge in [0.15, 0.2) is 6.61 Å². The fourth-order valence-corrected chi connectivity index (χ4v) is 6.39. The summed E-state index contributed by atoms with van der Waals surface area (Å²) in [6.07, 6.45) is 4.72. The molecule has 1 saturated carbocycles. The van der Waals surface area contributed by atoms with Crippen molar-refractivity contribution < 1.29 is 14.3 Å². The largest absolute Gasteiger partial charge is 0.484 e. The van der Waals surface area contributed by atoms with Crippen molar-refractivity contribution in [3.05, 3.63) is 76.8 Å². The van der Waals surface area contributed by atoms with Crippen LogP contribution < -0.4 is 4.74 Å².